The SMILES string of the molecule is CC(C)c1cnnc(Nc2ccc3ncc(/C(C=N)=C/NCCOC4CNC4)cc3n2)c1. The second-order valence-electron chi connectivity index (χ2n) is 7.96. The first-order valence-electron chi connectivity index (χ1n) is 10.8. The van der Waals surface area contributed by atoms with Gasteiger partial charge in [-0.3, -0.25) is 4.98 Å². The lowest BCUT2D eigenvalue weighted by Gasteiger charge is -2.27. The molecule has 1 aliphatic heterocycles. The molecule has 0 unspecified atom stereocenters. The van der Waals surface area contributed by atoms with E-state index in [-0.39, 0.29) is 0 Å². The molecule has 0 bridgehead atoms. The molecule has 0 spiro atoms. The summed E-state index contributed by atoms with van der Waals surface area (Å²) in [4.78, 5) is 9.18. The van der Waals surface area contributed by atoms with Gasteiger partial charge in [-0.25, -0.2) is 4.98 Å². The van der Waals surface area contributed by atoms with Crippen LogP contribution in [0, 0.1) is 5.41 Å². The summed E-state index contributed by atoms with van der Waals surface area (Å²) in [6, 6.07) is 7.68. The molecule has 9 heteroatoms. The van der Waals surface area contributed by atoms with Gasteiger partial charge in [0.05, 0.1) is 29.9 Å². The van der Waals surface area contributed by atoms with Crippen molar-refractivity contribution < 1.29 is 4.74 Å². The van der Waals surface area contributed by atoms with Crippen molar-refractivity contribution in [2.75, 3.05) is 31.6 Å². The monoisotopic (exact) mass is 432 g/mol. The van der Waals surface area contributed by atoms with Gasteiger partial charge in [-0.2, -0.15) is 5.10 Å². The van der Waals surface area contributed by atoms with Crippen LogP contribution in [-0.4, -0.2) is 58.7 Å². The van der Waals surface area contributed by atoms with E-state index in [1.165, 1.54) is 6.21 Å². The Bertz CT molecular complexity index is 1110. The first-order valence-corrected chi connectivity index (χ1v) is 10.8. The fourth-order valence-corrected chi connectivity index (χ4v) is 3.18. The highest BCUT2D eigenvalue weighted by molar-refractivity contribution is 6.08. The average molecular weight is 433 g/mol. The third-order valence-corrected chi connectivity index (χ3v) is 5.23. The second kappa shape index (κ2) is 10.3. The van der Waals surface area contributed by atoms with Crippen LogP contribution in [0.1, 0.15) is 30.9 Å². The quantitative estimate of drug-likeness (QED) is 0.285. The van der Waals surface area contributed by atoms with Crippen molar-refractivity contribution in [1.29, 1.82) is 5.41 Å². The van der Waals surface area contributed by atoms with Gasteiger partial charge in [0.25, 0.3) is 0 Å². The Morgan fingerprint density at radius 2 is 2.09 bits per heavy atom. The van der Waals surface area contributed by atoms with E-state index in [2.05, 4.69) is 50.0 Å². The number of allylic oxidation sites excluding steroid dienone is 1. The number of pyridine rings is 2. The van der Waals surface area contributed by atoms with Crippen molar-refractivity contribution in [2.45, 2.75) is 25.9 Å². The maximum atomic E-state index is 7.79. The van der Waals surface area contributed by atoms with Crippen LogP contribution in [0.5, 0.6) is 0 Å². The highest BCUT2D eigenvalue weighted by Crippen LogP contribution is 2.21. The Morgan fingerprint density at radius 1 is 1.22 bits per heavy atom. The molecule has 3 aromatic rings. The third kappa shape index (κ3) is 5.43. The molecule has 0 aliphatic carbocycles. The summed E-state index contributed by atoms with van der Waals surface area (Å²) < 4.78 is 5.69. The molecule has 4 N–H and O–H groups in total. The Hall–Kier alpha value is -3.43. The number of rotatable bonds is 10. The van der Waals surface area contributed by atoms with Crippen LogP contribution in [0.4, 0.5) is 11.6 Å². The lowest BCUT2D eigenvalue weighted by atomic mass is 10.1. The lowest BCUT2D eigenvalue weighted by Crippen LogP contribution is -2.49. The van der Waals surface area contributed by atoms with Crippen LogP contribution in [0.15, 0.2) is 42.9 Å². The van der Waals surface area contributed by atoms with Gasteiger partial charge >= 0.3 is 0 Å². The van der Waals surface area contributed by atoms with Gasteiger partial charge < -0.3 is 26.1 Å². The second-order valence-corrected chi connectivity index (χ2v) is 7.96. The molecule has 0 radical (unpaired) electrons. The van der Waals surface area contributed by atoms with Gasteiger partial charge in [0.1, 0.15) is 5.82 Å². The van der Waals surface area contributed by atoms with Crippen molar-refractivity contribution >= 4 is 34.5 Å². The van der Waals surface area contributed by atoms with Crippen LogP contribution >= 0.6 is 0 Å². The van der Waals surface area contributed by atoms with Crippen LogP contribution in [0.3, 0.4) is 0 Å². The van der Waals surface area contributed by atoms with Crippen LogP contribution in [0.2, 0.25) is 0 Å². The zero-order valence-corrected chi connectivity index (χ0v) is 18.3. The highest BCUT2D eigenvalue weighted by Gasteiger charge is 2.16. The van der Waals surface area contributed by atoms with Crippen molar-refractivity contribution in [2.24, 2.45) is 0 Å². The van der Waals surface area contributed by atoms with Crippen LogP contribution in [-0.2, 0) is 4.74 Å². The van der Waals surface area contributed by atoms with Crippen molar-refractivity contribution in [1.82, 2.24) is 30.8 Å². The molecule has 3 aromatic heterocycles. The summed E-state index contributed by atoms with van der Waals surface area (Å²) in [6.07, 6.45) is 6.97. The molecule has 1 aliphatic rings. The third-order valence-electron chi connectivity index (χ3n) is 5.23. The number of ether oxygens (including phenoxy) is 1. The highest BCUT2D eigenvalue weighted by atomic mass is 16.5. The van der Waals surface area contributed by atoms with Gasteiger partial charge in [0, 0.05) is 49.4 Å². The maximum absolute atomic E-state index is 7.79. The number of hydrogen-bond acceptors (Lipinski definition) is 9. The first-order chi connectivity index (χ1) is 15.6. The average Bonchev–Trinajstić information content (AvgIpc) is 2.77. The summed E-state index contributed by atoms with van der Waals surface area (Å²) in [7, 11) is 0. The zero-order chi connectivity index (χ0) is 22.3. The molecule has 1 fully saturated rings. The minimum absolute atomic E-state index is 0.320. The fourth-order valence-electron chi connectivity index (χ4n) is 3.18. The summed E-state index contributed by atoms with van der Waals surface area (Å²) in [5.74, 6) is 1.67. The molecule has 0 amide bonds. The molecular formula is C23H28N8O. The summed E-state index contributed by atoms with van der Waals surface area (Å²) >= 11 is 0. The summed E-state index contributed by atoms with van der Waals surface area (Å²) in [5, 5.41) is 25.6. The number of hydrogen-bond donors (Lipinski definition) is 4. The lowest BCUT2D eigenvalue weighted by molar-refractivity contribution is 0.0219. The van der Waals surface area contributed by atoms with Crippen molar-refractivity contribution in [3.8, 4) is 0 Å². The van der Waals surface area contributed by atoms with Crippen LogP contribution in [0.25, 0.3) is 16.6 Å². The number of nitrogens with one attached hydrogen (secondary N) is 4. The van der Waals surface area contributed by atoms with Crippen molar-refractivity contribution in [3.63, 3.8) is 0 Å². The normalized spacial score (nSPS) is 14.4. The standard InChI is InChI=1S/C23H28N8O/c1-15(2)16-8-23(31-28-12-16)30-22-4-3-20-21(29-22)7-17(11-27-20)18(9-24)10-25-5-6-32-19-13-26-14-19/h3-4,7-12,15,19,24-26H,5-6,13-14H2,1-2H3,(H,29,30,31)/b18-10+,24-9?. The summed E-state index contributed by atoms with van der Waals surface area (Å²) in [6.45, 7) is 7.38. The van der Waals surface area contributed by atoms with Gasteiger partial charge in [0.2, 0.25) is 0 Å². The van der Waals surface area contributed by atoms with E-state index < -0.39 is 0 Å². The molecule has 1 saturated heterocycles. The predicted octanol–water partition coefficient (Wildman–Crippen LogP) is 2.86. The molecule has 0 saturated carbocycles. The van der Waals surface area contributed by atoms with E-state index >= 15 is 0 Å². The first kappa shape index (κ1) is 21.8. The minimum Gasteiger partial charge on any atom is -0.388 e. The van der Waals surface area contributed by atoms with Crippen LogP contribution < -0.4 is 16.0 Å². The molecule has 0 aromatic carbocycles. The van der Waals surface area contributed by atoms with Gasteiger partial charge in [-0.15, -0.1) is 5.10 Å². The zero-order valence-electron chi connectivity index (χ0n) is 18.3. The van der Waals surface area contributed by atoms with Crippen molar-refractivity contribution in [3.05, 3.63) is 54.0 Å². The van der Waals surface area contributed by atoms with E-state index in [9.17, 15) is 0 Å². The van der Waals surface area contributed by atoms with Gasteiger partial charge in [-0.05, 0) is 35.7 Å². The Labute approximate surface area is 187 Å². The number of fused-ring (bicyclic) bond motifs is 1. The molecule has 0 atom stereocenters. The largest absolute Gasteiger partial charge is 0.388 e. The number of nitrogens with zero attached hydrogens (tertiary/aromatic N) is 4. The Kier molecular flexibility index (Phi) is 6.98. The number of aromatic nitrogens is 4. The number of anilines is 2. The van der Waals surface area contributed by atoms with E-state index in [4.69, 9.17) is 10.1 Å². The maximum Gasteiger partial charge on any atom is 0.154 e. The minimum atomic E-state index is 0.320. The molecule has 4 rings (SSSR count). The molecule has 9 nitrogen and oxygen atoms in total. The Balaban J connectivity index is 1.46. The molecule has 32 heavy (non-hydrogen) atoms. The van der Waals surface area contributed by atoms with E-state index in [1.807, 2.05) is 30.5 Å². The van der Waals surface area contributed by atoms with E-state index in [0.717, 1.165) is 40.8 Å². The Morgan fingerprint density at radius 3 is 2.84 bits per heavy atom. The van der Waals surface area contributed by atoms with E-state index in [0.29, 0.717) is 36.8 Å². The van der Waals surface area contributed by atoms with Gasteiger partial charge in [0.15, 0.2) is 5.82 Å². The molecule has 166 valence electrons. The topological polar surface area (TPSA) is 121 Å². The predicted molar refractivity (Wildman–Crippen MR) is 126 cm³/mol. The smallest absolute Gasteiger partial charge is 0.154 e. The fraction of sp³-hybridized carbons (Fsp3) is 0.348. The van der Waals surface area contributed by atoms with Gasteiger partial charge in [-0.1, -0.05) is 13.8 Å². The summed E-state index contributed by atoms with van der Waals surface area (Å²) in [5.41, 5.74) is 4.15. The van der Waals surface area contributed by atoms with E-state index in [1.54, 1.807) is 12.4 Å². The molecular weight excluding hydrogens is 404 g/mol. The molecule has 4 heterocycles.